The van der Waals surface area contributed by atoms with Crippen LogP contribution in [0.4, 0.5) is 10.3 Å². The summed E-state index contributed by atoms with van der Waals surface area (Å²) in [6, 6.07) is 5.49. The van der Waals surface area contributed by atoms with Crippen LogP contribution in [0.15, 0.2) is 30.3 Å². The van der Waals surface area contributed by atoms with Crippen molar-refractivity contribution < 1.29 is 83.2 Å². The molecule has 0 aliphatic rings. The first-order valence-electron chi connectivity index (χ1n) is 11.0. The summed E-state index contributed by atoms with van der Waals surface area (Å²) in [5.74, 6) is -1.87. The first-order valence-corrected chi connectivity index (χ1v) is 14.4. The minimum atomic E-state index is -4.64. The van der Waals surface area contributed by atoms with Gasteiger partial charge in [-0.25, -0.2) is 31.6 Å². The van der Waals surface area contributed by atoms with Gasteiger partial charge in [-0.1, -0.05) is 26.0 Å². The number of aliphatic hydroxyl groups excluding tert-OH is 2. The van der Waals surface area contributed by atoms with Gasteiger partial charge in [0, 0.05) is 24.6 Å². The van der Waals surface area contributed by atoms with Crippen LogP contribution in [0.2, 0.25) is 0 Å². The number of carbonyl (C=O) groups is 1. The maximum atomic E-state index is 13.5. The molecule has 2 unspecified atom stereocenters. The van der Waals surface area contributed by atoms with Gasteiger partial charge in [0.1, 0.15) is 5.82 Å². The van der Waals surface area contributed by atoms with E-state index in [9.17, 15) is 27.8 Å². The van der Waals surface area contributed by atoms with Crippen molar-refractivity contribution >= 4 is 35.8 Å². The maximum Gasteiger partial charge on any atom is 1.00 e. The van der Waals surface area contributed by atoms with Crippen molar-refractivity contribution in [2.75, 3.05) is 17.6 Å². The van der Waals surface area contributed by atoms with Crippen molar-refractivity contribution in [2.24, 2.45) is 0 Å². The SMILES string of the molecule is CC(C)c1nc(N(C)S(C)(=O)=O)nc(-c2ccc(F)cc2)c1/C=C/C(O)CC(O)CC(=O)O.O=P(O)(O)O.[H-].[Na+]. The molecule has 2 rings (SSSR count). The van der Waals surface area contributed by atoms with Gasteiger partial charge < -0.3 is 31.4 Å². The molecular formula is C22H32FN3NaO10PS. The van der Waals surface area contributed by atoms with E-state index >= 15 is 0 Å². The predicted molar refractivity (Wildman–Crippen MR) is 138 cm³/mol. The summed E-state index contributed by atoms with van der Waals surface area (Å²) in [5, 5.41) is 28.8. The Hall–Kier alpha value is -1.78. The largest absolute Gasteiger partial charge is 1.00 e. The number of anilines is 1. The summed E-state index contributed by atoms with van der Waals surface area (Å²) >= 11 is 0. The van der Waals surface area contributed by atoms with Gasteiger partial charge in [0.25, 0.3) is 0 Å². The third kappa shape index (κ3) is 13.9. The van der Waals surface area contributed by atoms with Gasteiger partial charge in [-0.15, -0.1) is 0 Å². The quantitative estimate of drug-likeness (QED) is 0.136. The van der Waals surface area contributed by atoms with Crippen LogP contribution < -0.4 is 33.9 Å². The third-order valence-electron chi connectivity index (χ3n) is 4.82. The van der Waals surface area contributed by atoms with E-state index in [4.69, 9.17) is 24.4 Å². The monoisotopic (exact) mass is 603 g/mol. The van der Waals surface area contributed by atoms with Gasteiger partial charge in [0.15, 0.2) is 0 Å². The minimum Gasteiger partial charge on any atom is -1.00 e. The van der Waals surface area contributed by atoms with Crippen molar-refractivity contribution in [3.05, 3.63) is 47.4 Å². The normalized spacial score (nSPS) is 13.3. The second-order valence-electron chi connectivity index (χ2n) is 8.49. The Balaban J connectivity index is 0. The van der Waals surface area contributed by atoms with Crippen LogP contribution in [-0.2, 0) is 19.4 Å². The summed E-state index contributed by atoms with van der Waals surface area (Å²) in [6.45, 7) is 3.71. The molecule has 17 heteroatoms. The summed E-state index contributed by atoms with van der Waals surface area (Å²) in [4.78, 5) is 41.1. The van der Waals surface area contributed by atoms with Crippen molar-refractivity contribution in [1.82, 2.24) is 9.97 Å². The molecule has 1 aromatic heterocycles. The van der Waals surface area contributed by atoms with Gasteiger partial charge in [0.05, 0.1) is 36.3 Å². The standard InChI is InChI=1S/C22H28FN3O6S.Na.H3O4P.H/c1-13(2)20-18(10-9-16(27)11-17(28)12-19(29)30)21(14-5-7-15(23)8-6-14)25-22(24-20)26(3)33(4,31)32;;1-5(2,3)4;/h5-10,13,16-17,27-28H,11-12H2,1-4H3,(H,29,30);;(H3,1,2,3,4);/q;+1;;-1/b10-9+;;;. The molecule has 0 spiro atoms. The number of sulfonamides is 1. The summed E-state index contributed by atoms with van der Waals surface area (Å²) in [6.07, 6.45) is 0.860. The Labute approximate surface area is 249 Å². The number of phosphoric acid groups is 1. The fraction of sp³-hybridized carbons (Fsp3) is 0.409. The number of aliphatic hydroxyl groups is 2. The van der Waals surface area contributed by atoms with Gasteiger partial charge >= 0.3 is 43.3 Å². The number of aliphatic carboxylic acids is 1. The van der Waals surface area contributed by atoms with Crippen molar-refractivity contribution in [2.45, 2.75) is 44.8 Å². The van der Waals surface area contributed by atoms with Gasteiger partial charge in [-0.2, -0.15) is 0 Å². The molecule has 0 fully saturated rings. The molecule has 0 aliphatic carbocycles. The molecule has 2 atom stereocenters. The van der Waals surface area contributed by atoms with Crippen LogP contribution in [0.1, 0.15) is 45.3 Å². The molecule has 6 N–H and O–H groups in total. The Morgan fingerprint density at radius 2 is 1.67 bits per heavy atom. The van der Waals surface area contributed by atoms with E-state index in [0.29, 0.717) is 22.5 Å². The number of halogens is 1. The Bertz CT molecular complexity index is 1290. The van der Waals surface area contributed by atoms with Crippen LogP contribution in [0.3, 0.4) is 0 Å². The molecule has 0 radical (unpaired) electrons. The Kier molecular flexibility index (Phi) is 15.1. The van der Waals surface area contributed by atoms with Crippen LogP contribution in [0.5, 0.6) is 0 Å². The topological polar surface area (TPSA) is 219 Å². The minimum absolute atomic E-state index is 0. The number of aromatic nitrogens is 2. The molecule has 0 aliphatic heterocycles. The summed E-state index contributed by atoms with van der Waals surface area (Å²) < 4.78 is 47.5. The van der Waals surface area contributed by atoms with Gasteiger partial charge in [-0.3, -0.25) is 4.79 Å². The Morgan fingerprint density at radius 1 is 1.15 bits per heavy atom. The molecule has 13 nitrogen and oxygen atoms in total. The average Bonchev–Trinajstić information content (AvgIpc) is 2.74. The fourth-order valence-electron chi connectivity index (χ4n) is 3.05. The second kappa shape index (κ2) is 15.9. The van der Waals surface area contributed by atoms with E-state index in [-0.39, 0.29) is 49.3 Å². The van der Waals surface area contributed by atoms with E-state index in [2.05, 4.69) is 9.97 Å². The smallest absolute Gasteiger partial charge is 1.00 e. The van der Waals surface area contributed by atoms with E-state index in [0.717, 1.165) is 10.6 Å². The third-order valence-corrected chi connectivity index (χ3v) is 5.97. The van der Waals surface area contributed by atoms with Crippen LogP contribution >= 0.6 is 7.82 Å². The first kappa shape index (κ1) is 37.2. The number of hydrogen-bond acceptors (Lipinski definition) is 8. The first-order chi connectivity index (χ1) is 17.3. The number of carboxylic acids is 1. The molecular weight excluding hydrogens is 571 g/mol. The Morgan fingerprint density at radius 3 is 2.10 bits per heavy atom. The maximum absolute atomic E-state index is 13.5. The van der Waals surface area contributed by atoms with Crippen LogP contribution in [-0.4, -0.2) is 79.9 Å². The zero-order chi connectivity index (χ0) is 29.4. The number of carboxylic acid groups (broad SMARTS) is 1. The summed E-state index contributed by atoms with van der Waals surface area (Å²) in [7, 11) is -6.96. The number of hydrogen-bond donors (Lipinski definition) is 6. The molecule has 0 saturated heterocycles. The molecule has 1 heterocycles. The zero-order valence-electron chi connectivity index (χ0n) is 23.0. The van der Waals surface area contributed by atoms with Gasteiger partial charge in [0.2, 0.25) is 16.0 Å². The molecule has 0 bridgehead atoms. The van der Waals surface area contributed by atoms with E-state index in [1.165, 1.54) is 43.5 Å². The van der Waals surface area contributed by atoms with Gasteiger partial charge in [-0.05, 0) is 30.2 Å². The van der Waals surface area contributed by atoms with E-state index in [1.54, 1.807) is 0 Å². The van der Waals surface area contributed by atoms with E-state index in [1.807, 2.05) is 13.8 Å². The molecule has 39 heavy (non-hydrogen) atoms. The van der Waals surface area contributed by atoms with Crippen molar-refractivity contribution in [1.29, 1.82) is 0 Å². The molecule has 1 aromatic carbocycles. The predicted octanol–water partition coefficient (Wildman–Crippen LogP) is -1.41. The fourth-order valence-corrected chi connectivity index (χ4v) is 3.42. The van der Waals surface area contributed by atoms with Crippen LogP contribution in [0, 0.1) is 5.82 Å². The number of nitrogens with zero attached hydrogens (tertiary/aromatic N) is 3. The molecule has 0 saturated carbocycles. The second-order valence-corrected chi connectivity index (χ2v) is 11.5. The number of benzene rings is 1. The number of rotatable bonds is 10. The summed E-state index contributed by atoms with van der Waals surface area (Å²) in [5.41, 5.74) is 1.80. The average molecular weight is 604 g/mol. The van der Waals surface area contributed by atoms with E-state index < -0.39 is 48.3 Å². The molecule has 0 amide bonds. The van der Waals surface area contributed by atoms with Crippen molar-refractivity contribution in [3.8, 4) is 11.3 Å². The zero-order valence-corrected chi connectivity index (χ0v) is 25.7. The molecule has 214 valence electrons. The molecule has 2 aromatic rings. The van der Waals surface area contributed by atoms with Crippen LogP contribution in [0.25, 0.3) is 17.3 Å². The van der Waals surface area contributed by atoms with Crippen molar-refractivity contribution in [3.63, 3.8) is 0 Å².